The first-order valence-corrected chi connectivity index (χ1v) is 11.6. The number of fused-ring (bicyclic) bond motifs is 5. The summed E-state index contributed by atoms with van der Waals surface area (Å²) >= 11 is 5.59. The van der Waals surface area contributed by atoms with Gasteiger partial charge < -0.3 is 5.11 Å². The zero-order valence-corrected chi connectivity index (χ0v) is 18.2. The van der Waals surface area contributed by atoms with E-state index in [0.29, 0.717) is 36.5 Å². The number of aliphatic hydroxyl groups is 1. The molecule has 7 heteroatoms. The van der Waals surface area contributed by atoms with Crippen LogP contribution in [0.15, 0.2) is 18.0 Å². The maximum Gasteiger partial charge on any atom is 0.162 e. The fourth-order valence-corrected chi connectivity index (χ4v) is 7.70. The Morgan fingerprint density at radius 3 is 2.93 bits per heavy atom. The Kier molecular flexibility index (Phi) is 5.02. The molecular weight excluding hydrogens is 400 g/mol. The largest absolute Gasteiger partial charge is 0.377 e. The normalized spacial score (nSPS) is 42.2. The van der Waals surface area contributed by atoms with Crippen molar-refractivity contribution in [1.82, 2.24) is 20.2 Å². The smallest absolute Gasteiger partial charge is 0.162 e. The van der Waals surface area contributed by atoms with E-state index in [4.69, 9.17) is 11.6 Å². The highest BCUT2D eigenvalue weighted by molar-refractivity contribution is 6.30. The zero-order chi connectivity index (χ0) is 20.9. The quantitative estimate of drug-likeness (QED) is 0.589. The van der Waals surface area contributed by atoms with Gasteiger partial charge in [0.1, 0.15) is 12.1 Å². The minimum absolute atomic E-state index is 0.0731. The Bertz CT molecular complexity index is 919. The molecule has 0 spiro atoms. The van der Waals surface area contributed by atoms with Crippen molar-refractivity contribution in [3.05, 3.63) is 18.0 Å². The van der Waals surface area contributed by atoms with Crippen LogP contribution >= 0.6 is 11.6 Å². The topological polar surface area (TPSA) is 80.9 Å². The molecular formula is C23H29ClN4O2. The molecule has 7 atom stereocenters. The molecule has 160 valence electrons. The van der Waals surface area contributed by atoms with Gasteiger partial charge in [-0.15, -0.1) is 10.2 Å². The average Bonchev–Trinajstić information content (AvgIpc) is 3.34. The zero-order valence-electron chi connectivity index (χ0n) is 17.4. The van der Waals surface area contributed by atoms with Crippen LogP contribution in [0.2, 0.25) is 0 Å². The molecule has 0 bridgehead atoms. The lowest BCUT2D eigenvalue weighted by molar-refractivity contribution is -0.130. The highest BCUT2D eigenvalue weighted by Crippen LogP contribution is 2.63. The van der Waals surface area contributed by atoms with Gasteiger partial charge >= 0.3 is 0 Å². The first-order valence-electron chi connectivity index (χ1n) is 11.2. The maximum atomic E-state index is 13.1. The highest BCUT2D eigenvalue weighted by Gasteiger charge is 2.57. The molecule has 1 N–H and O–H groups in total. The van der Waals surface area contributed by atoms with Crippen LogP contribution in [-0.2, 0) is 11.3 Å². The third kappa shape index (κ3) is 3.22. The predicted octanol–water partition coefficient (Wildman–Crippen LogP) is 3.36. The summed E-state index contributed by atoms with van der Waals surface area (Å²) < 4.78 is 0. The third-order valence-electron chi connectivity index (χ3n) is 8.86. The van der Waals surface area contributed by atoms with Gasteiger partial charge in [-0.05, 0) is 90.8 Å². The van der Waals surface area contributed by atoms with Crippen LogP contribution in [0.1, 0.15) is 58.3 Å². The van der Waals surface area contributed by atoms with Crippen LogP contribution in [0.4, 0.5) is 0 Å². The van der Waals surface area contributed by atoms with Gasteiger partial charge in [-0.3, -0.25) is 4.79 Å². The van der Waals surface area contributed by atoms with Crippen molar-refractivity contribution in [2.75, 3.05) is 0 Å². The summed E-state index contributed by atoms with van der Waals surface area (Å²) in [7, 11) is 0. The number of carbonyl (C=O) groups excluding carboxylic acids is 1. The van der Waals surface area contributed by atoms with Crippen molar-refractivity contribution in [3.8, 4) is 11.3 Å². The fraction of sp³-hybridized carbons (Fsp3) is 0.739. The van der Waals surface area contributed by atoms with E-state index in [-0.39, 0.29) is 23.7 Å². The lowest BCUT2D eigenvalue weighted by Gasteiger charge is -2.54. The number of rotatable bonds is 3. The molecule has 0 amide bonds. The summed E-state index contributed by atoms with van der Waals surface area (Å²) in [5.74, 6) is 5.63. The van der Waals surface area contributed by atoms with Crippen LogP contribution in [0.3, 0.4) is 0 Å². The van der Waals surface area contributed by atoms with E-state index in [1.165, 1.54) is 23.1 Å². The molecule has 4 aliphatic rings. The first kappa shape index (κ1) is 20.2. The second-order valence-electron chi connectivity index (χ2n) is 10.1. The second-order valence-corrected chi connectivity index (χ2v) is 10.3. The molecule has 3 saturated carbocycles. The minimum Gasteiger partial charge on any atom is -0.377 e. The molecule has 0 aromatic carbocycles. The van der Waals surface area contributed by atoms with Crippen molar-refractivity contribution in [2.24, 2.45) is 35.0 Å². The molecule has 0 unspecified atom stereocenters. The summed E-state index contributed by atoms with van der Waals surface area (Å²) in [6.07, 6.45) is 11.5. The Balaban J connectivity index is 1.34. The predicted molar refractivity (Wildman–Crippen MR) is 112 cm³/mol. The SMILES string of the molecule is C[C@]12CC[C@H]3[C@@H](CC=C4C[C@@](O)(C#CCl)CC[C@@H]43)[C@@H]1CC[C@@H]2C(=O)Cn1ncnn1. The van der Waals surface area contributed by atoms with Crippen LogP contribution in [0.25, 0.3) is 0 Å². The summed E-state index contributed by atoms with van der Waals surface area (Å²) in [6, 6.07) is 0. The van der Waals surface area contributed by atoms with E-state index >= 15 is 0 Å². The molecule has 0 saturated heterocycles. The average molecular weight is 429 g/mol. The number of halogens is 1. The van der Waals surface area contributed by atoms with Crippen LogP contribution < -0.4 is 0 Å². The maximum absolute atomic E-state index is 13.1. The summed E-state index contributed by atoms with van der Waals surface area (Å²) in [5.41, 5.74) is 0.500. The molecule has 30 heavy (non-hydrogen) atoms. The second kappa shape index (κ2) is 7.46. The number of allylic oxidation sites excluding steroid dienone is 1. The number of hydrogen-bond donors (Lipinski definition) is 1. The Morgan fingerprint density at radius 1 is 1.30 bits per heavy atom. The van der Waals surface area contributed by atoms with Gasteiger partial charge in [0.25, 0.3) is 0 Å². The molecule has 1 heterocycles. The first-order chi connectivity index (χ1) is 14.4. The monoisotopic (exact) mass is 428 g/mol. The third-order valence-corrected chi connectivity index (χ3v) is 8.96. The van der Waals surface area contributed by atoms with Crippen molar-refractivity contribution >= 4 is 17.4 Å². The minimum atomic E-state index is -0.958. The lowest BCUT2D eigenvalue weighted by Crippen LogP contribution is -2.48. The molecule has 1 aromatic heterocycles. The van der Waals surface area contributed by atoms with Gasteiger partial charge in [-0.25, -0.2) is 0 Å². The number of ketones is 1. The summed E-state index contributed by atoms with van der Waals surface area (Å²) in [4.78, 5) is 14.5. The van der Waals surface area contributed by atoms with E-state index in [1.807, 2.05) is 0 Å². The van der Waals surface area contributed by atoms with Gasteiger partial charge in [-0.2, -0.15) is 4.80 Å². The number of Topliss-reactive ketones (excluding diaryl/α,β-unsaturated/α-hetero) is 1. The van der Waals surface area contributed by atoms with E-state index < -0.39 is 5.60 Å². The Labute approximate surface area is 182 Å². The van der Waals surface area contributed by atoms with E-state index in [0.717, 1.165) is 32.1 Å². The van der Waals surface area contributed by atoms with Gasteiger partial charge in [0, 0.05) is 17.7 Å². The summed E-state index contributed by atoms with van der Waals surface area (Å²) in [6.45, 7) is 2.58. The van der Waals surface area contributed by atoms with Crippen LogP contribution in [-0.4, -0.2) is 36.7 Å². The van der Waals surface area contributed by atoms with E-state index in [2.05, 4.69) is 39.7 Å². The van der Waals surface area contributed by atoms with Crippen molar-refractivity contribution in [2.45, 2.75) is 70.4 Å². The molecule has 1 aromatic rings. The Morgan fingerprint density at radius 2 is 2.17 bits per heavy atom. The van der Waals surface area contributed by atoms with E-state index in [9.17, 15) is 9.90 Å². The number of nitrogens with zero attached hydrogens (tertiary/aromatic N) is 4. The van der Waals surface area contributed by atoms with Crippen molar-refractivity contribution in [3.63, 3.8) is 0 Å². The number of carbonyl (C=O) groups is 1. The van der Waals surface area contributed by atoms with Crippen LogP contribution in [0, 0.1) is 46.3 Å². The molecule has 0 radical (unpaired) electrons. The lowest BCUT2D eigenvalue weighted by atomic mass is 9.51. The number of aromatic nitrogens is 4. The van der Waals surface area contributed by atoms with Crippen molar-refractivity contribution in [1.29, 1.82) is 0 Å². The molecule has 4 aliphatic carbocycles. The molecule has 3 fully saturated rings. The Hall–Kier alpha value is -1.71. The van der Waals surface area contributed by atoms with Crippen LogP contribution in [0.5, 0.6) is 0 Å². The van der Waals surface area contributed by atoms with Crippen molar-refractivity contribution < 1.29 is 9.90 Å². The number of tetrazole rings is 1. The standard InChI is InChI=1S/C23H29ClN4O2/c1-22-8-6-17-16-7-9-23(30,10-11-24)12-15(16)2-3-18(17)19(22)4-5-20(22)21(29)13-28-26-14-25-27-28/h2,14,16-20,30H,3-9,12-13H2,1H3/t16-,17+,18+,19-,20+,22-,23-/m0/s1. The van der Waals surface area contributed by atoms with Gasteiger partial charge in [0.15, 0.2) is 12.1 Å². The summed E-state index contributed by atoms with van der Waals surface area (Å²) in [5, 5.41) is 24.8. The van der Waals surface area contributed by atoms with E-state index in [1.54, 1.807) is 0 Å². The molecule has 5 rings (SSSR count). The van der Waals surface area contributed by atoms with Gasteiger partial charge in [-0.1, -0.05) is 24.5 Å². The fourth-order valence-electron chi connectivity index (χ4n) is 7.53. The number of hydrogen-bond acceptors (Lipinski definition) is 5. The van der Waals surface area contributed by atoms with Gasteiger partial charge in [0.05, 0.1) is 0 Å². The highest BCUT2D eigenvalue weighted by atomic mass is 35.5. The van der Waals surface area contributed by atoms with Gasteiger partial charge in [0.2, 0.25) is 0 Å². The molecule has 6 nitrogen and oxygen atoms in total. The molecule has 0 aliphatic heterocycles.